The molecule has 1 aliphatic carbocycles. The van der Waals surface area contributed by atoms with E-state index in [1.54, 1.807) is 0 Å². The predicted octanol–water partition coefficient (Wildman–Crippen LogP) is 3.14. The molecule has 0 spiro atoms. The Bertz CT molecular complexity index is 290. The molecule has 0 aromatic carbocycles. The van der Waals surface area contributed by atoms with Crippen molar-refractivity contribution in [1.82, 2.24) is 9.80 Å². The molecule has 3 fully saturated rings. The molecular formula is C18H34N2O. The summed E-state index contributed by atoms with van der Waals surface area (Å²) in [4.78, 5) is 5.41. The highest BCUT2D eigenvalue weighted by atomic mass is 16.5. The van der Waals surface area contributed by atoms with E-state index in [1.807, 2.05) is 0 Å². The quantitative estimate of drug-likeness (QED) is 0.775. The van der Waals surface area contributed by atoms with Gasteiger partial charge in [0.15, 0.2) is 0 Å². The van der Waals surface area contributed by atoms with Gasteiger partial charge in [-0.3, -0.25) is 0 Å². The molecule has 0 unspecified atom stereocenters. The minimum Gasteiger partial charge on any atom is -0.381 e. The number of piperidine rings is 1. The third-order valence-electron chi connectivity index (χ3n) is 6.19. The Morgan fingerprint density at radius 3 is 2.29 bits per heavy atom. The van der Waals surface area contributed by atoms with Gasteiger partial charge >= 0.3 is 0 Å². The van der Waals surface area contributed by atoms with Gasteiger partial charge in [-0.2, -0.15) is 0 Å². The summed E-state index contributed by atoms with van der Waals surface area (Å²) in [6, 6.07) is 1.64. The van der Waals surface area contributed by atoms with Crippen molar-refractivity contribution in [3.63, 3.8) is 0 Å². The number of hydrogen-bond donors (Lipinski definition) is 0. The van der Waals surface area contributed by atoms with Crippen LogP contribution in [0.4, 0.5) is 0 Å². The van der Waals surface area contributed by atoms with Crippen molar-refractivity contribution < 1.29 is 4.74 Å². The Kier molecular flexibility index (Phi) is 5.96. The highest BCUT2D eigenvalue weighted by Gasteiger charge is 2.28. The van der Waals surface area contributed by atoms with Crippen LogP contribution >= 0.6 is 0 Å². The van der Waals surface area contributed by atoms with Crippen LogP contribution in [0.3, 0.4) is 0 Å². The summed E-state index contributed by atoms with van der Waals surface area (Å²) in [6.45, 7) is 5.90. The van der Waals surface area contributed by atoms with Crippen LogP contribution in [0.1, 0.15) is 57.8 Å². The standard InChI is InChI=1S/C18H34N2O/c1-19(11-6-16-4-2-3-5-16)17-7-12-20(13-8-17)18-9-14-21-15-10-18/h16-18H,2-15H2,1H3. The third-order valence-corrected chi connectivity index (χ3v) is 6.19. The lowest BCUT2D eigenvalue weighted by Gasteiger charge is -2.41. The average molecular weight is 294 g/mol. The highest BCUT2D eigenvalue weighted by molar-refractivity contribution is 4.83. The van der Waals surface area contributed by atoms with Gasteiger partial charge < -0.3 is 14.5 Å². The van der Waals surface area contributed by atoms with Crippen LogP contribution in [0.15, 0.2) is 0 Å². The number of hydrogen-bond acceptors (Lipinski definition) is 3. The molecule has 0 amide bonds. The molecule has 122 valence electrons. The summed E-state index contributed by atoms with van der Waals surface area (Å²) in [6.07, 6.45) is 12.7. The average Bonchev–Trinajstić information content (AvgIpc) is 3.07. The second kappa shape index (κ2) is 7.94. The Hall–Kier alpha value is -0.120. The second-order valence-electron chi connectivity index (χ2n) is 7.53. The Balaban J connectivity index is 1.36. The maximum atomic E-state index is 5.50. The van der Waals surface area contributed by atoms with Gasteiger partial charge in [-0.25, -0.2) is 0 Å². The van der Waals surface area contributed by atoms with E-state index in [2.05, 4.69) is 16.8 Å². The predicted molar refractivity (Wildman–Crippen MR) is 87.6 cm³/mol. The van der Waals surface area contributed by atoms with Crippen LogP contribution in [-0.4, -0.2) is 61.8 Å². The Morgan fingerprint density at radius 1 is 0.952 bits per heavy atom. The van der Waals surface area contributed by atoms with Gasteiger partial charge in [-0.1, -0.05) is 25.7 Å². The lowest BCUT2D eigenvalue weighted by Crippen LogP contribution is -2.48. The van der Waals surface area contributed by atoms with Gasteiger partial charge in [0, 0.05) is 25.3 Å². The molecule has 0 aromatic rings. The normalized spacial score (nSPS) is 27.7. The van der Waals surface area contributed by atoms with E-state index < -0.39 is 0 Å². The summed E-state index contributed by atoms with van der Waals surface area (Å²) in [5, 5.41) is 0. The fraction of sp³-hybridized carbons (Fsp3) is 1.00. The topological polar surface area (TPSA) is 15.7 Å². The Morgan fingerprint density at radius 2 is 1.62 bits per heavy atom. The zero-order valence-electron chi connectivity index (χ0n) is 13.9. The van der Waals surface area contributed by atoms with Crippen molar-refractivity contribution in [3.8, 4) is 0 Å². The number of rotatable bonds is 5. The summed E-state index contributed by atoms with van der Waals surface area (Å²) in [5.74, 6) is 1.04. The van der Waals surface area contributed by atoms with E-state index in [4.69, 9.17) is 4.74 Å². The van der Waals surface area contributed by atoms with Crippen molar-refractivity contribution in [2.45, 2.75) is 69.9 Å². The first-order valence-electron chi connectivity index (χ1n) is 9.35. The molecule has 2 heterocycles. The fourth-order valence-corrected chi connectivity index (χ4v) is 4.61. The zero-order valence-corrected chi connectivity index (χ0v) is 13.9. The van der Waals surface area contributed by atoms with Gasteiger partial charge in [0.1, 0.15) is 0 Å². The number of likely N-dealkylation sites (tertiary alicyclic amines) is 1. The molecule has 3 nitrogen and oxygen atoms in total. The van der Waals surface area contributed by atoms with E-state index in [1.165, 1.54) is 77.4 Å². The molecule has 1 saturated carbocycles. The van der Waals surface area contributed by atoms with Crippen molar-refractivity contribution in [2.24, 2.45) is 5.92 Å². The largest absolute Gasteiger partial charge is 0.381 e. The van der Waals surface area contributed by atoms with Gasteiger partial charge in [-0.05, 0) is 64.7 Å². The minimum absolute atomic E-state index is 0.809. The van der Waals surface area contributed by atoms with E-state index in [0.29, 0.717) is 0 Å². The molecule has 2 saturated heterocycles. The Labute approximate surface area is 131 Å². The molecule has 0 radical (unpaired) electrons. The molecule has 3 heteroatoms. The summed E-state index contributed by atoms with van der Waals surface area (Å²) < 4.78 is 5.50. The summed E-state index contributed by atoms with van der Waals surface area (Å²) in [7, 11) is 2.36. The van der Waals surface area contributed by atoms with Crippen LogP contribution in [0.2, 0.25) is 0 Å². The lowest BCUT2D eigenvalue weighted by atomic mass is 9.98. The zero-order chi connectivity index (χ0) is 14.5. The SMILES string of the molecule is CN(CCC1CCCC1)C1CCN(C2CCOCC2)CC1. The van der Waals surface area contributed by atoms with Crippen LogP contribution in [0.25, 0.3) is 0 Å². The monoisotopic (exact) mass is 294 g/mol. The first kappa shape index (κ1) is 15.8. The maximum Gasteiger partial charge on any atom is 0.0480 e. The smallest absolute Gasteiger partial charge is 0.0480 e. The number of nitrogens with zero attached hydrogens (tertiary/aromatic N) is 2. The lowest BCUT2D eigenvalue weighted by molar-refractivity contribution is 0.0155. The van der Waals surface area contributed by atoms with Crippen LogP contribution in [0, 0.1) is 5.92 Å². The molecule has 0 atom stereocenters. The first-order chi connectivity index (χ1) is 10.3. The minimum atomic E-state index is 0.809. The van der Waals surface area contributed by atoms with Crippen molar-refractivity contribution in [3.05, 3.63) is 0 Å². The van der Waals surface area contributed by atoms with Crippen LogP contribution in [-0.2, 0) is 4.74 Å². The van der Waals surface area contributed by atoms with Crippen molar-refractivity contribution >= 4 is 0 Å². The van der Waals surface area contributed by atoms with E-state index >= 15 is 0 Å². The number of ether oxygens (including phenoxy) is 1. The van der Waals surface area contributed by atoms with E-state index in [-0.39, 0.29) is 0 Å². The van der Waals surface area contributed by atoms with Gasteiger partial charge in [-0.15, -0.1) is 0 Å². The van der Waals surface area contributed by atoms with Gasteiger partial charge in [0.05, 0.1) is 0 Å². The van der Waals surface area contributed by atoms with Crippen LogP contribution < -0.4 is 0 Å². The molecular weight excluding hydrogens is 260 g/mol. The van der Waals surface area contributed by atoms with E-state index in [9.17, 15) is 0 Å². The van der Waals surface area contributed by atoms with Gasteiger partial charge in [0.25, 0.3) is 0 Å². The van der Waals surface area contributed by atoms with Crippen LogP contribution in [0.5, 0.6) is 0 Å². The third kappa shape index (κ3) is 4.43. The van der Waals surface area contributed by atoms with Crippen molar-refractivity contribution in [1.29, 1.82) is 0 Å². The molecule has 2 aliphatic heterocycles. The highest BCUT2D eigenvalue weighted by Crippen LogP contribution is 2.28. The summed E-state index contributed by atoms with van der Waals surface area (Å²) in [5.41, 5.74) is 0. The maximum absolute atomic E-state index is 5.50. The molecule has 3 aliphatic rings. The second-order valence-corrected chi connectivity index (χ2v) is 7.53. The molecule has 3 rings (SSSR count). The van der Waals surface area contributed by atoms with E-state index in [0.717, 1.165) is 31.2 Å². The fourth-order valence-electron chi connectivity index (χ4n) is 4.61. The molecule has 21 heavy (non-hydrogen) atoms. The molecule has 0 bridgehead atoms. The first-order valence-corrected chi connectivity index (χ1v) is 9.35. The van der Waals surface area contributed by atoms with Gasteiger partial charge in [0.2, 0.25) is 0 Å². The van der Waals surface area contributed by atoms with Crippen molar-refractivity contribution in [2.75, 3.05) is 39.9 Å². The molecule has 0 N–H and O–H groups in total. The molecule has 0 aromatic heterocycles. The summed E-state index contributed by atoms with van der Waals surface area (Å²) >= 11 is 0.